The Morgan fingerprint density at radius 3 is 2.19 bits per heavy atom. The van der Waals surface area contributed by atoms with E-state index in [1.807, 2.05) is 24.1 Å². The lowest BCUT2D eigenvalue weighted by Gasteiger charge is -2.18. The fourth-order valence-corrected chi connectivity index (χ4v) is 2.15. The summed E-state index contributed by atoms with van der Waals surface area (Å²) in [7, 11) is 6.80. The summed E-state index contributed by atoms with van der Waals surface area (Å²) in [6.45, 7) is 0.402. The van der Waals surface area contributed by atoms with E-state index in [0.717, 1.165) is 5.56 Å². The molecule has 1 fully saturated rings. The van der Waals surface area contributed by atoms with Crippen LogP contribution in [0.25, 0.3) is 0 Å². The molecule has 116 valence electrons. The first-order valence-corrected chi connectivity index (χ1v) is 6.92. The van der Waals surface area contributed by atoms with Crippen molar-refractivity contribution >= 4 is 5.96 Å². The smallest absolute Gasteiger partial charge is 0.191 e. The molecule has 1 aromatic rings. The van der Waals surface area contributed by atoms with Gasteiger partial charge in [-0.1, -0.05) is 0 Å². The first kappa shape index (κ1) is 15.3. The molecule has 1 aliphatic carbocycles. The van der Waals surface area contributed by atoms with Gasteiger partial charge in [-0.15, -0.1) is 0 Å². The molecule has 0 radical (unpaired) electrons. The molecule has 0 heterocycles. The van der Waals surface area contributed by atoms with Crippen LogP contribution >= 0.6 is 0 Å². The zero-order valence-electron chi connectivity index (χ0n) is 13.0. The molecule has 0 aromatic heterocycles. The lowest BCUT2D eigenvalue weighted by Crippen LogP contribution is -2.35. The number of nitrogens with zero attached hydrogens (tertiary/aromatic N) is 2. The quantitative estimate of drug-likeness (QED) is 0.637. The molecule has 2 rings (SSSR count). The van der Waals surface area contributed by atoms with Crippen LogP contribution in [-0.4, -0.2) is 45.3 Å². The van der Waals surface area contributed by atoms with E-state index in [0.29, 0.717) is 35.8 Å². The molecule has 0 spiro atoms. The van der Waals surface area contributed by atoms with Crippen LogP contribution in [0.1, 0.15) is 18.4 Å². The molecule has 0 bridgehead atoms. The molecule has 0 atom stereocenters. The molecule has 6 nitrogen and oxygen atoms in total. The van der Waals surface area contributed by atoms with Gasteiger partial charge in [0.05, 0.1) is 33.4 Å². The normalized spacial score (nSPS) is 14.8. The fourth-order valence-electron chi connectivity index (χ4n) is 2.15. The summed E-state index contributed by atoms with van der Waals surface area (Å²) < 4.78 is 16.0. The van der Waals surface area contributed by atoms with Crippen molar-refractivity contribution in [3.05, 3.63) is 17.7 Å². The summed E-state index contributed by atoms with van der Waals surface area (Å²) in [5.41, 5.74) is 6.87. The topological polar surface area (TPSA) is 69.3 Å². The predicted octanol–water partition coefficient (Wildman–Crippen LogP) is 1.62. The number of hydrogen-bond donors (Lipinski definition) is 1. The fraction of sp³-hybridized carbons (Fsp3) is 0.533. The van der Waals surface area contributed by atoms with Crippen molar-refractivity contribution in [2.24, 2.45) is 10.7 Å². The second-order valence-electron chi connectivity index (χ2n) is 5.03. The number of benzene rings is 1. The minimum Gasteiger partial charge on any atom is -0.496 e. The van der Waals surface area contributed by atoms with Crippen molar-refractivity contribution in [3.8, 4) is 17.2 Å². The molecule has 1 aromatic carbocycles. The van der Waals surface area contributed by atoms with E-state index in [2.05, 4.69) is 4.99 Å². The highest BCUT2D eigenvalue weighted by molar-refractivity contribution is 5.78. The summed E-state index contributed by atoms with van der Waals surface area (Å²) in [4.78, 5) is 6.46. The van der Waals surface area contributed by atoms with Gasteiger partial charge in [-0.05, 0) is 12.8 Å². The number of nitrogens with two attached hydrogens (primary N) is 1. The lowest BCUT2D eigenvalue weighted by atomic mass is 10.1. The third kappa shape index (κ3) is 3.51. The van der Waals surface area contributed by atoms with Crippen LogP contribution in [0.5, 0.6) is 17.2 Å². The average Bonchev–Trinajstić information content (AvgIpc) is 3.35. The van der Waals surface area contributed by atoms with Gasteiger partial charge >= 0.3 is 0 Å². The van der Waals surface area contributed by atoms with E-state index in [1.165, 1.54) is 12.8 Å². The van der Waals surface area contributed by atoms with Gasteiger partial charge in [0.25, 0.3) is 0 Å². The Kier molecular flexibility index (Phi) is 4.77. The number of aliphatic imine (C=N–C) groups is 1. The van der Waals surface area contributed by atoms with Crippen LogP contribution < -0.4 is 19.9 Å². The maximum absolute atomic E-state index is 6.01. The van der Waals surface area contributed by atoms with E-state index in [1.54, 1.807) is 21.3 Å². The molecule has 1 aliphatic rings. The third-order valence-corrected chi connectivity index (χ3v) is 3.67. The van der Waals surface area contributed by atoms with Crippen molar-refractivity contribution < 1.29 is 14.2 Å². The summed E-state index contributed by atoms with van der Waals surface area (Å²) in [6.07, 6.45) is 2.36. The molecule has 6 heteroatoms. The highest BCUT2D eigenvalue weighted by Crippen LogP contribution is 2.34. The lowest BCUT2D eigenvalue weighted by molar-refractivity contribution is 0.369. The Labute approximate surface area is 125 Å². The second-order valence-corrected chi connectivity index (χ2v) is 5.03. The third-order valence-electron chi connectivity index (χ3n) is 3.67. The Hall–Kier alpha value is -2.11. The predicted molar refractivity (Wildman–Crippen MR) is 82.2 cm³/mol. The van der Waals surface area contributed by atoms with Crippen LogP contribution in [0.3, 0.4) is 0 Å². The maximum Gasteiger partial charge on any atom is 0.191 e. The van der Waals surface area contributed by atoms with Crippen molar-refractivity contribution in [3.63, 3.8) is 0 Å². The highest BCUT2D eigenvalue weighted by Gasteiger charge is 2.27. The zero-order chi connectivity index (χ0) is 15.4. The Morgan fingerprint density at radius 2 is 1.76 bits per heavy atom. The van der Waals surface area contributed by atoms with E-state index in [9.17, 15) is 0 Å². The van der Waals surface area contributed by atoms with Crippen LogP contribution in [-0.2, 0) is 6.54 Å². The molecule has 2 N–H and O–H groups in total. The van der Waals surface area contributed by atoms with Crippen LogP contribution in [0.4, 0.5) is 0 Å². The SMILES string of the molecule is COc1cc(OC)c(CN=C(N)N(C)C2CC2)c(OC)c1. The van der Waals surface area contributed by atoms with Gasteiger partial charge in [-0.2, -0.15) is 0 Å². The summed E-state index contributed by atoms with van der Waals surface area (Å²) in [5.74, 6) is 2.57. The maximum atomic E-state index is 6.01. The zero-order valence-corrected chi connectivity index (χ0v) is 13.0. The van der Waals surface area contributed by atoms with Crippen LogP contribution in [0, 0.1) is 0 Å². The minimum atomic E-state index is 0.402. The second kappa shape index (κ2) is 6.56. The van der Waals surface area contributed by atoms with Gasteiger partial charge in [0.1, 0.15) is 17.2 Å². The van der Waals surface area contributed by atoms with E-state index >= 15 is 0 Å². The number of methoxy groups -OCH3 is 3. The van der Waals surface area contributed by atoms with Crippen LogP contribution in [0.15, 0.2) is 17.1 Å². The monoisotopic (exact) mass is 293 g/mol. The van der Waals surface area contributed by atoms with Gasteiger partial charge in [-0.3, -0.25) is 0 Å². The molecule has 0 amide bonds. The molecular weight excluding hydrogens is 270 g/mol. The Balaban J connectivity index is 2.23. The number of rotatable bonds is 6. The van der Waals surface area contributed by atoms with Crippen LogP contribution in [0.2, 0.25) is 0 Å². The molecular formula is C15H23N3O3. The van der Waals surface area contributed by atoms with Crippen molar-refractivity contribution in [1.29, 1.82) is 0 Å². The summed E-state index contributed by atoms with van der Waals surface area (Å²) in [5, 5.41) is 0. The largest absolute Gasteiger partial charge is 0.496 e. The number of ether oxygens (including phenoxy) is 3. The van der Waals surface area contributed by atoms with Gasteiger partial charge in [0.2, 0.25) is 0 Å². The van der Waals surface area contributed by atoms with Gasteiger partial charge in [0, 0.05) is 25.2 Å². The van der Waals surface area contributed by atoms with Crippen molar-refractivity contribution in [2.75, 3.05) is 28.4 Å². The Bertz CT molecular complexity index is 502. The number of hydrogen-bond acceptors (Lipinski definition) is 4. The number of guanidine groups is 1. The first-order chi connectivity index (χ1) is 10.1. The first-order valence-electron chi connectivity index (χ1n) is 6.92. The van der Waals surface area contributed by atoms with E-state index in [-0.39, 0.29) is 0 Å². The highest BCUT2D eigenvalue weighted by atomic mass is 16.5. The Morgan fingerprint density at radius 1 is 1.19 bits per heavy atom. The van der Waals surface area contributed by atoms with Gasteiger partial charge in [0.15, 0.2) is 5.96 Å². The van der Waals surface area contributed by atoms with E-state index < -0.39 is 0 Å². The molecule has 1 saturated carbocycles. The standard InChI is InChI=1S/C15H23N3O3/c1-18(10-5-6-10)15(16)17-9-12-13(20-3)7-11(19-2)8-14(12)21-4/h7-8,10H,5-6,9H2,1-4H3,(H2,16,17). The molecule has 0 unspecified atom stereocenters. The van der Waals surface area contributed by atoms with E-state index in [4.69, 9.17) is 19.9 Å². The average molecular weight is 293 g/mol. The van der Waals surface area contributed by atoms with Gasteiger partial charge in [-0.25, -0.2) is 4.99 Å². The molecule has 0 aliphatic heterocycles. The summed E-state index contributed by atoms with van der Waals surface area (Å²) >= 11 is 0. The summed E-state index contributed by atoms with van der Waals surface area (Å²) in [6, 6.07) is 4.16. The van der Waals surface area contributed by atoms with Gasteiger partial charge < -0.3 is 24.8 Å². The minimum absolute atomic E-state index is 0.402. The molecule has 0 saturated heterocycles. The van der Waals surface area contributed by atoms with Crippen molar-refractivity contribution in [2.45, 2.75) is 25.4 Å². The molecule has 21 heavy (non-hydrogen) atoms. The van der Waals surface area contributed by atoms with Crippen molar-refractivity contribution in [1.82, 2.24) is 4.90 Å².